The highest BCUT2D eigenvalue weighted by atomic mass is 19.4. The summed E-state index contributed by atoms with van der Waals surface area (Å²) in [6.45, 7) is 2.01. The Kier molecular flexibility index (Phi) is 3.05. The van der Waals surface area contributed by atoms with E-state index in [-0.39, 0.29) is 5.39 Å². The first-order valence-corrected chi connectivity index (χ1v) is 5.48. The van der Waals surface area contributed by atoms with Gasteiger partial charge >= 0.3 is 6.18 Å². The predicted octanol–water partition coefficient (Wildman–Crippen LogP) is 4.21. The lowest BCUT2D eigenvalue weighted by Crippen LogP contribution is -2.06. The standard InChI is InChI=1S/C13H12F3N/c1-2-4-9-7-8-10-11(13(14,15)16)5-3-6-12(10)17-9/h3,5-8H,2,4H2,1H3. The van der Waals surface area contributed by atoms with Crippen molar-refractivity contribution in [2.45, 2.75) is 25.9 Å². The number of fused-ring (bicyclic) bond motifs is 1. The first-order chi connectivity index (χ1) is 8.02. The molecule has 0 saturated carbocycles. The van der Waals surface area contributed by atoms with Crippen molar-refractivity contribution >= 4 is 10.9 Å². The van der Waals surface area contributed by atoms with Gasteiger partial charge in [-0.15, -0.1) is 0 Å². The van der Waals surface area contributed by atoms with Crippen LogP contribution in [0, 0.1) is 0 Å². The molecule has 90 valence electrons. The van der Waals surface area contributed by atoms with Gasteiger partial charge in [0.15, 0.2) is 0 Å². The zero-order valence-corrected chi connectivity index (χ0v) is 9.38. The Morgan fingerprint density at radius 3 is 2.53 bits per heavy atom. The summed E-state index contributed by atoms with van der Waals surface area (Å²) in [5.41, 5.74) is 0.621. The molecule has 2 rings (SSSR count). The highest BCUT2D eigenvalue weighted by Gasteiger charge is 2.32. The van der Waals surface area contributed by atoms with Crippen LogP contribution in [0.1, 0.15) is 24.6 Å². The Labute approximate surface area is 97.3 Å². The van der Waals surface area contributed by atoms with E-state index >= 15 is 0 Å². The summed E-state index contributed by atoms with van der Waals surface area (Å²) in [6.07, 6.45) is -2.61. The summed E-state index contributed by atoms with van der Waals surface area (Å²) in [6, 6.07) is 7.28. The van der Waals surface area contributed by atoms with E-state index in [9.17, 15) is 13.2 Å². The zero-order valence-electron chi connectivity index (χ0n) is 9.38. The Balaban J connectivity index is 2.59. The van der Waals surface area contributed by atoms with E-state index in [0.717, 1.165) is 24.6 Å². The van der Waals surface area contributed by atoms with Crippen molar-refractivity contribution in [1.29, 1.82) is 0 Å². The zero-order chi connectivity index (χ0) is 12.5. The topological polar surface area (TPSA) is 12.9 Å². The van der Waals surface area contributed by atoms with E-state index in [1.54, 1.807) is 12.1 Å². The van der Waals surface area contributed by atoms with E-state index in [2.05, 4.69) is 4.98 Å². The summed E-state index contributed by atoms with van der Waals surface area (Å²) in [5.74, 6) is 0. The molecule has 0 spiro atoms. The van der Waals surface area contributed by atoms with Crippen molar-refractivity contribution in [2.75, 3.05) is 0 Å². The smallest absolute Gasteiger partial charge is 0.253 e. The molecule has 0 N–H and O–H groups in total. The van der Waals surface area contributed by atoms with Crippen molar-refractivity contribution in [3.8, 4) is 0 Å². The fraction of sp³-hybridized carbons (Fsp3) is 0.308. The van der Waals surface area contributed by atoms with E-state index in [1.165, 1.54) is 12.1 Å². The van der Waals surface area contributed by atoms with Crippen LogP contribution in [0.2, 0.25) is 0 Å². The maximum absolute atomic E-state index is 12.7. The third-order valence-electron chi connectivity index (χ3n) is 2.60. The molecule has 0 aliphatic rings. The second-order valence-electron chi connectivity index (χ2n) is 3.92. The summed E-state index contributed by atoms with van der Waals surface area (Å²) in [7, 11) is 0. The van der Waals surface area contributed by atoms with Gasteiger partial charge in [-0.3, -0.25) is 4.98 Å². The number of aryl methyl sites for hydroxylation is 1. The van der Waals surface area contributed by atoms with E-state index < -0.39 is 11.7 Å². The molecule has 0 unspecified atom stereocenters. The molecule has 1 nitrogen and oxygen atoms in total. The fourth-order valence-corrected chi connectivity index (χ4v) is 1.84. The van der Waals surface area contributed by atoms with E-state index in [0.29, 0.717) is 5.52 Å². The fourth-order valence-electron chi connectivity index (χ4n) is 1.84. The van der Waals surface area contributed by atoms with Crippen molar-refractivity contribution < 1.29 is 13.2 Å². The lowest BCUT2D eigenvalue weighted by Gasteiger charge is -2.10. The van der Waals surface area contributed by atoms with Crippen LogP contribution < -0.4 is 0 Å². The van der Waals surface area contributed by atoms with Crippen LogP contribution in [-0.2, 0) is 12.6 Å². The largest absolute Gasteiger partial charge is 0.417 e. The van der Waals surface area contributed by atoms with Crippen LogP contribution in [0.15, 0.2) is 30.3 Å². The van der Waals surface area contributed by atoms with Crippen molar-refractivity contribution in [3.63, 3.8) is 0 Å². The molecule has 0 amide bonds. The molecule has 0 saturated heterocycles. The van der Waals surface area contributed by atoms with Gasteiger partial charge in [0, 0.05) is 11.1 Å². The van der Waals surface area contributed by atoms with Gasteiger partial charge in [0.2, 0.25) is 0 Å². The summed E-state index contributed by atoms with van der Waals surface area (Å²) < 4.78 is 38.2. The number of pyridine rings is 1. The third kappa shape index (κ3) is 2.40. The molecule has 1 aromatic carbocycles. The number of hydrogen-bond acceptors (Lipinski definition) is 1. The van der Waals surface area contributed by atoms with Crippen LogP contribution in [-0.4, -0.2) is 4.98 Å². The lowest BCUT2D eigenvalue weighted by molar-refractivity contribution is -0.136. The van der Waals surface area contributed by atoms with Gasteiger partial charge in [0.05, 0.1) is 11.1 Å². The molecule has 1 heterocycles. The highest BCUT2D eigenvalue weighted by molar-refractivity contribution is 5.82. The van der Waals surface area contributed by atoms with Gasteiger partial charge in [-0.05, 0) is 24.6 Å². The molecular weight excluding hydrogens is 227 g/mol. The Hall–Kier alpha value is -1.58. The molecule has 0 aliphatic carbocycles. The Morgan fingerprint density at radius 2 is 1.88 bits per heavy atom. The molecule has 0 aliphatic heterocycles. The van der Waals surface area contributed by atoms with Gasteiger partial charge in [-0.2, -0.15) is 13.2 Å². The van der Waals surface area contributed by atoms with Crippen LogP contribution in [0.25, 0.3) is 10.9 Å². The summed E-state index contributed by atoms with van der Waals surface area (Å²) in [4.78, 5) is 4.24. The number of hydrogen-bond donors (Lipinski definition) is 0. The first-order valence-electron chi connectivity index (χ1n) is 5.48. The normalized spacial score (nSPS) is 12.0. The molecule has 0 bridgehead atoms. The van der Waals surface area contributed by atoms with Crippen LogP contribution in [0.5, 0.6) is 0 Å². The number of rotatable bonds is 2. The number of halogens is 3. The van der Waals surface area contributed by atoms with Gasteiger partial charge in [-0.1, -0.05) is 25.5 Å². The predicted molar refractivity (Wildman–Crippen MR) is 60.7 cm³/mol. The second kappa shape index (κ2) is 4.35. The molecule has 1 aromatic heterocycles. The lowest BCUT2D eigenvalue weighted by atomic mass is 10.1. The maximum atomic E-state index is 12.7. The number of aromatic nitrogens is 1. The minimum atomic E-state index is -4.33. The second-order valence-corrected chi connectivity index (χ2v) is 3.92. The molecule has 0 atom stereocenters. The average molecular weight is 239 g/mol. The maximum Gasteiger partial charge on any atom is 0.417 e. The van der Waals surface area contributed by atoms with Gasteiger partial charge in [0.25, 0.3) is 0 Å². The monoisotopic (exact) mass is 239 g/mol. The highest BCUT2D eigenvalue weighted by Crippen LogP contribution is 2.34. The quantitative estimate of drug-likeness (QED) is 0.765. The van der Waals surface area contributed by atoms with Crippen LogP contribution in [0.3, 0.4) is 0 Å². The molecule has 4 heteroatoms. The molecule has 0 radical (unpaired) electrons. The summed E-state index contributed by atoms with van der Waals surface area (Å²) >= 11 is 0. The van der Waals surface area contributed by atoms with E-state index in [1.807, 2.05) is 6.92 Å². The minimum Gasteiger partial charge on any atom is -0.253 e. The average Bonchev–Trinajstić information content (AvgIpc) is 2.27. The minimum absolute atomic E-state index is 0.167. The molecular formula is C13H12F3N. The molecule has 17 heavy (non-hydrogen) atoms. The van der Waals surface area contributed by atoms with E-state index in [4.69, 9.17) is 0 Å². The molecule has 0 fully saturated rings. The number of benzene rings is 1. The van der Waals surface area contributed by atoms with Gasteiger partial charge < -0.3 is 0 Å². The van der Waals surface area contributed by atoms with Gasteiger partial charge in [-0.25, -0.2) is 0 Å². The van der Waals surface area contributed by atoms with Gasteiger partial charge in [0.1, 0.15) is 0 Å². The first kappa shape index (κ1) is 11.9. The van der Waals surface area contributed by atoms with Crippen molar-refractivity contribution in [3.05, 3.63) is 41.6 Å². The van der Waals surface area contributed by atoms with Crippen molar-refractivity contribution in [2.24, 2.45) is 0 Å². The Bertz CT molecular complexity index is 532. The third-order valence-corrected chi connectivity index (χ3v) is 2.60. The SMILES string of the molecule is CCCc1ccc2c(C(F)(F)F)cccc2n1. The van der Waals surface area contributed by atoms with Crippen LogP contribution >= 0.6 is 0 Å². The van der Waals surface area contributed by atoms with Crippen LogP contribution in [0.4, 0.5) is 13.2 Å². The molecule has 2 aromatic rings. The number of alkyl halides is 3. The number of nitrogens with zero attached hydrogens (tertiary/aromatic N) is 1. The van der Waals surface area contributed by atoms with Crippen molar-refractivity contribution in [1.82, 2.24) is 4.98 Å². The Morgan fingerprint density at radius 1 is 1.12 bits per heavy atom. The summed E-state index contributed by atoms with van der Waals surface area (Å²) in [5, 5.41) is 0.167.